The maximum absolute atomic E-state index is 12.8. The van der Waals surface area contributed by atoms with Crippen LogP contribution in [0.1, 0.15) is 252 Å². The Morgan fingerprint density at radius 1 is 0.304 bits per heavy atom. The summed E-state index contributed by atoms with van der Waals surface area (Å²) in [6.07, 6.45) is 76.4. The number of hydrogen-bond acceptors (Lipinski definition) is 6. The SMILES string of the molecule is CC/C=C\C/C=C\C/C=C\C/C=C\CCCCCCC(=O)O[C@@H](COC(=O)CCCC/C=C\C/C=C\C/C=C\CCCCC)COC(=O)CCCCCCCCCCC/C=C\C/C=C\CCCCC. The van der Waals surface area contributed by atoms with E-state index in [4.69, 9.17) is 14.2 Å². The second-order valence-corrected chi connectivity index (χ2v) is 18.5. The molecule has 0 rings (SSSR count). The van der Waals surface area contributed by atoms with Gasteiger partial charge in [0.25, 0.3) is 0 Å². The highest BCUT2D eigenvalue weighted by Crippen LogP contribution is 2.14. The number of unbranched alkanes of at least 4 members (excludes halogenated alkanes) is 21. The highest BCUT2D eigenvalue weighted by atomic mass is 16.6. The molecule has 0 spiro atoms. The number of carbonyl (C=O) groups is 3. The largest absolute Gasteiger partial charge is 0.462 e. The second kappa shape index (κ2) is 56.7. The van der Waals surface area contributed by atoms with Crippen LogP contribution >= 0.6 is 0 Å². The van der Waals surface area contributed by atoms with Gasteiger partial charge in [-0.3, -0.25) is 14.4 Å². The topological polar surface area (TPSA) is 78.9 Å². The van der Waals surface area contributed by atoms with E-state index in [-0.39, 0.29) is 37.5 Å². The number of hydrogen-bond donors (Lipinski definition) is 0. The fourth-order valence-corrected chi connectivity index (χ4v) is 7.47. The summed E-state index contributed by atoms with van der Waals surface area (Å²) in [4.78, 5) is 38.1. The van der Waals surface area contributed by atoms with Crippen LogP contribution in [0.2, 0.25) is 0 Å². The number of rotatable bonds is 50. The zero-order valence-electron chi connectivity index (χ0n) is 44.8. The Balaban J connectivity index is 4.49. The summed E-state index contributed by atoms with van der Waals surface area (Å²) >= 11 is 0. The van der Waals surface area contributed by atoms with E-state index in [1.165, 1.54) is 96.3 Å². The first kappa shape index (κ1) is 65.1. The van der Waals surface area contributed by atoms with Crippen LogP contribution in [-0.4, -0.2) is 37.2 Å². The number of ether oxygens (including phenoxy) is 3. The molecule has 0 aliphatic heterocycles. The lowest BCUT2D eigenvalue weighted by molar-refractivity contribution is -0.167. The molecule has 1 atom stereocenters. The van der Waals surface area contributed by atoms with E-state index in [1.807, 2.05) is 0 Å². The standard InChI is InChI=1S/C63H104O6/c1-4-7-10-13-16-19-22-25-28-30-31-33-35-38-41-44-47-50-53-56-62(65)68-59-60(58-67-61(64)55-52-49-46-43-40-37-34-27-24-21-18-15-12-9-6-3)69-63(66)57-54-51-48-45-42-39-36-32-29-26-23-20-17-14-11-8-5-2/h8,11,16-21,25-29,34,36,39-40,43,60H,4-7,9-10,12-15,22-24,30-33,35,37-38,41-42,44-59H2,1-3H3/b11-8-,19-16-,20-17-,21-18-,28-25-,29-26-,34-27-,39-36-,43-40-/t60-/m0/s1. The molecule has 0 aliphatic carbocycles. The normalized spacial score (nSPS) is 12.9. The third-order valence-corrected chi connectivity index (χ3v) is 11.7. The first-order valence-corrected chi connectivity index (χ1v) is 28.4. The summed E-state index contributed by atoms with van der Waals surface area (Å²) in [6.45, 7) is 6.42. The van der Waals surface area contributed by atoms with E-state index in [0.717, 1.165) is 116 Å². The van der Waals surface area contributed by atoms with E-state index in [1.54, 1.807) is 0 Å². The summed E-state index contributed by atoms with van der Waals surface area (Å²) in [7, 11) is 0. The molecule has 6 nitrogen and oxygen atoms in total. The lowest BCUT2D eigenvalue weighted by atomic mass is 10.1. The third-order valence-electron chi connectivity index (χ3n) is 11.7. The van der Waals surface area contributed by atoms with Gasteiger partial charge in [0.05, 0.1) is 0 Å². The number of allylic oxidation sites excluding steroid dienone is 18. The van der Waals surface area contributed by atoms with Gasteiger partial charge in [0.2, 0.25) is 0 Å². The van der Waals surface area contributed by atoms with Crippen molar-refractivity contribution < 1.29 is 28.6 Å². The average molecular weight is 958 g/mol. The van der Waals surface area contributed by atoms with Gasteiger partial charge in [0.15, 0.2) is 6.10 Å². The molecule has 0 heterocycles. The summed E-state index contributed by atoms with van der Waals surface area (Å²) in [5, 5.41) is 0. The lowest BCUT2D eigenvalue weighted by Crippen LogP contribution is -2.30. The van der Waals surface area contributed by atoms with Crippen LogP contribution in [0.3, 0.4) is 0 Å². The molecule has 0 unspecified atom stereocenters. The zero-order chi connectivity index (χ0) is 50.0. The van der Waals surface area contributed by atoms with Gasteiger partial charge in [-0.25, -0.2) is 0 Å². The van der Waals surface area contributed by atoms with Crippen molar-refractivity contribution in [3.63, 3.8) is 0 Å². The second-order valence-electron chi connectivity index (χ2n) is 18.5. The number of esters is 3. The molecule has 0 bridgehead atoms. The third kappa shape index (κ3) is 54.9. The molecule has 69 heavy (non-hydrogen) atoms. The molecule has 0 aliphatic rings. The van der Waals surface area contributed by atoms with Crippen molar-refractivity contribution in [3.05, 3.63) is 109 Å². The van der Waals surface area contributed by atoms with Gasteiger partial charge in [0.1, 0.15) is 13.2 Å². The Morgan fingerprint density at radius 2 is 0.565 bits per heavy atom. The van der Waals surface area contributed by atoms with Crippen molar-refractivity contribution in [2.75, 3.05) is 13.2 Å². The van der Waals surface area contributed by atoms with Crippen LogP contribution in [0, 0.1) is 0 Å². The maximum atomic E-state index is 12.8. The van der Waals surface area contributed by atoms with Crippen molar-refractivity contribution >= 4 is 17.9 Å². The predicted molar refractivity (Wildman–Crippen MR) is 297 cm³/mol. The van der Waals surface area contributed by atoms with Crippen molar-refractivity contribution in [1.82, 2.24) is 0 Å². The molecule has 0 saturated heterocycles. The van der Waals surface area contributed by atoms with Gasteiger partial charge >= 0.3 is 17.9 Å². The summed E-state index contributed by atoms with van der Waals surface area (Å²) in [6, 6.07) is 0. The molecule has 0 saturated carbocycles. The fraction of sp³-hybridized carbons (Fsp3) is 0.667. The van der Waals surface area contributed by atoms with Crippen LogP contribution in [0.4, 0.5) is 0 Å². The van der Waals surface area contributed by atoms with E-state index >= 15 is 0 Å². The van der Waals surface area contributed by atoms with Gasteiger partial charge in [-0.15, -0.1) is 0 Å². The van der Waals surface area contributed by atoms with Crippen LogP contribution in [0.5, 0.6) is 0 Å². The molecule has 392 valence electrons. The summed E-state index contributed by atoms with van der Waals surface area (Å²) < 4.78 is 16.8. The van der Waals surface area contributed by atoms with Crippen molar-refractivity contribution in [2.45, 2.75) is 258 Å². The Morgan fingerprint density at radius 3 is 0.913 bits per heavy atom. The van der Waals surface area contributed by atoms with Crippen molar-refractivity contribution in [2.24, 2.45) is 0 Å². The molecule has 0 fully saturated rings. The van der Waals surface area contributed by atoms with E-state index in [9.17, 15) is 14.4 Å². The molecule has 0 aromatic carbocycles. The molecule has 0 aromatic heterocycles. The van der Waals surface area contributed by atoms with Gasteiger partial charge in [0, 0.05) is 19.3 Å². The Kier molecular flexibility index (Phi) is 53.4. The van der Waals surface area contributed by atoms with Crippen LogP contribution in [0.25, 0.3) is 0 Å². The van der Waals surface area contributed by atoms with Crippen molar-refractivity contribution in [1.29, 1.82) is 0 Å². The first-order chi connectivity index (χ1) is 34.0. The number of carbonyl (C=O) groups excluding carboxylic acids is 3. The molecule has 0 amide bonds. The Hall–Kier alpha value is -3.93. The Labute approximate surface area is 425 Å². The van der Waals surface area contributed by atoms with E-state index in [0.29, 0.717) is 12.8 Å². The average Bonchev–Trinajstić information content (AvgIpc) is 3.35. The summed E-state index contributed by atoms with van der Waals surface area (Å²) in [5.74, 6) is -0.972. The molecule has 0 radical (unpaired) electrons. The minimum atomic E-state index is -0.811. The molecular weight excluding hydrogens is 853 g/mol. The zero-order valence-corrected chi connectivity index (χ0v) is 44.8. The van der Waals surface area contributed by atoms with Crippen LogP contribution in [0.15, 0.2) is 109 Å². The minimum absolute atomic E-state index is 0.104. The van der Waals surface area contributed by atoms with Crippen LogP contribution in [-0.2, 0) is 28.6 Å². The molecule has 6 heteroatoms. The predicted octanol–water partition coefficient (Wildman–Crippen LogP) is 19.1. The van der Waals surface area contributed by atoms with E-state index in [2.05, 4.69) is 130 Å². The monoisotopic (exact) mass is 957 g/mol. The highest BCUT2D eigenvalue weighted by Gasteiger charge is 2.19. The summed E-state index contributed by atoms with van der Waals surface area (Å²) in [5.41, 5.74) is 0. The van der Waals surface area contributed by atoms with Crippen LogP contribution < -0.4 is 0 Å². The quantitative estimate of drug-likeness (QED) is 0.0262. The Bertz CT molecular complexity index is 1420. The molecule has 0 aromatic rings. The van der Waals surface area contributed by atoms with Gasteiger partial charge in [-0.1, -0.05) is 214 Å². The van der Waals surface area contributed by atoms with Gasteiger partial charge < -0.3 is 14.2 Å². The first-order valence-electron chi connectivity index (χ1n) is 28.4. The molecule has 0 N–H and O–H groups in total. The molecular formula is C63H104O6. The smallest absolute Gasteiger partial charge is 0.306 e. The maximum Gasteiger partial charge on any atom is 0.306 e. The van der Waals surface area contributed by atoms with Gasteiger partial charge in [-0.05, 0) is 128 Å². The lowest BCUT2D eigenvalue weighted by Gasteiger charge is -2.18. The van der Waals surface area contributed by atoms with Crippen molar-refractivity contribution in [3.8, 4) is 0 Å². The highest BCUT2D eigenvalue weighted by molar-refractivity contribution is 5.71. The van der Waals surface area contributed by atoms with Gasteiger partial charge in [-0.2, -0.15) is 0 Å². The van der Waals surface area contributed by atoms with E-state index < -0.39 is 6.10 Å². The fourth-order valence-electron chi connectivity index (χ4n) is 7.47. The minimum Gasteiger partial charge on any atom is -0.462 e.